The molecule has 0 unspecified atom stereocenters. The lowest BCUT2D eigenvalue weighted by Gasteiger charge is -2.27. The smallest absolute Gasteiger partial charge is 0.122 e. The number of nitrogens with two attached hydrogens (primary N) is 1. The van der Waals surface area contributed by atoms with Gasteiger partial charge in [0.15, 0.2) is 0 Å². The molecule has 112 valence electrons. The molecule has 0 aliphatic heterocycles. The molecule has 0 aliphatic rings. The summed E-state index contributed by atoms with van der Waals surface area (Å²) < 4.78 is 0. The Kier molecular flexibility index (Phi) is 7.03. The summed E-state index contributed by atoms with van der Waals surface area (Å²) in [5, 5.41) is 8.13. The third kappa shape index (κ3) is 5.14. The molecule has 0 saturated carbocycles. The van der Waals surface area contributed by atoms with E-state index in [0.29, 0.717) is 16.6 Å². The Bertz CT molecular complexity index is 443. The molecule has 0 amide bonds. The number of hydrogen-bond donors (Lipinski definition) is 2. The minimum atomic E-state index is 0.0575. The number of unbranched alkanes of at least 4 members (excludes halogenated alkanes) is 2. The average molecular weight is 296 g/mol. The van der Waals surface area contributed by atoms with Gasteiger partial charge in [-0.15, -0.1) is 0 Å². The first-order valence-electron chi connectivity index (χ1n) is 7.32. The van der Waals surface area contributed by atoms with Crippen LogP contribution in [0.25, 0.3) is 0 Å². The zero-order valence-corrected chi connectivity index (χ0v) is 13.5. The summed E-state index contributed by atoms with van der Waals surface area (Å²) in [7, 11) is 0. The number of benzene rings is 1. The van der Waals surface area contributed by atoms with E-state index in [-0.39, 0.29) is 5.84 Å². The lowest BCUT2D eigenvalue weighted by Crippen LogP contribution is -2.31. The van der Waals surface area contributed by atoms with Crippen LogP contribution in [0.1, 0.15) is 51.2 Å². The minimum Gasteiger partial charge on any atom is -0.384 e. The van der Waals surface area contributed by atoms with Gasteiger partial charge in [0.05, 0.1) is 0 Å². The van der Waals surface area contributed by atoms with Gasteiger partial charge in [-0.1, -0.05) is 43.5 Å². The third-order valence-corrected chi connectivity index (χ3v) is 3.87. The molecule has 0 saturated heterocycles. The van der Waals surface area contributed by atoms with E-state index in [1.807, 2.05) is 12.1 Å². The summed E-state index contributed by atoms with van der Waals surface area (Å²) in [6.07, 6.45) is 3.72. The van der Waals surface area contributed by atoms with Crippen molar-refractivity contribution in [2.24, 2.45) is 5.73 Å². The van der Waals surface area contributed by atoms with Crippen LogP contribution >= 0.6 is 11.6 Å². The molecule has 0 bridgehead atoms. The molecule has 0 heterocycles. The van der Waals surface area contributed by atoms with Gasteiger partial charge in [-0.3, -0.25) is 10.3 Å². The summed E-state index contributed by atoms with van der Waals surface area (Å²) in [4.78, 5) is 2.43. The first-order chi connectivity index (χ1) is 9.45. The molecule has 0 atom stereocenters. The van der Waals surface area contributed by atoms with E-state index in [2.05, 4.69) is 25.7 Å². The Morgan fingerprint density at radius 3 is 2.55 bits per heavy atom. The van der Waals surface area contributed by atoms with Gasteiger partial charge in [0.25, 0.3) is 0 Å². The van der Waals surface area contributed by atoms with Gasteiger partial charge >= 0.3 is 0 Å². The summed E-state index contributed by atoms with van der Waals surface area (Å²) >= 11 is 6.30. The molecule has 4 heteroatoms. The predicted molar refractivity (Wildman–Crippen MR) is 87.5 cm³/mol. The molecule has 0 aliphatic carbocycles. The minimum absolute atomic E-state index is 0.0575. The average Bonchev–Trinajstić information content (AvgIpc) is 2.39. The molecule has 0 fully saturated rings. The SMILES string of the molecule is CCCCCN(Cc1ccc(C(=N)N)cc1Cl)C(C)C. The first kappa shape index (κ1) is 17.0. The third-order valence-electron chi connectivity index (χ3n) is 3.52. The van der Waals surface area contributed by atoms with Gasteiger partial charge in [-0.25, -0.2) is 0 Å². The highest BCUT2D eigenvalue weighted by molar-refractivity contribution is 6.31. The molecule has 1 aromatic carbocycles. The molecule has 0 aromatic heterocycles. The number of amidine groups is 1. The molecular formula is C16H26ClN3. The Labute approximate surface area is 127 Å². The number of hydrogen-bond acceptors (Lipinski definition) is 2. The molecule has 3 nitrogen and oxygen atoms in total. The highest BCUT2D eigenvalue weighted by atomic mass is 35.5. The van der Waals surface area contributed by atoms with E-state index in [0.717, 1.165) is 18.7 Å². The summed E-state index contributed by atoms with van der Waals surface area (Å²) in [6.45, 7) is 8.58. The number of halogens is 1. The van der Waals surface area contributed by atoms with Crippen LogP contribution in [-0.4, -0.2) is 23.3 Å². The molecule has 20 heavy (non-hydrogen) atoms. The highest BCUT2D eigenvalue weighted by Crippen LogP contribution is 2.21. The molecule has 0 radical (unpaired) electrons. The van der Waals surface area contributed by atoms with Crippen LogP contribution in [0.2, 0.25) is 5.02 Å². The molecule has 3 N–H and O–H groups in total. The van der Waals surface area contributed by atoms with Crippen molar-refractivity contribution < 1.29 is 0 Å². The zero-order valence-electron chi connectivity index (χ0n) is 12.7. The van der Waals surface area contributed by atoms with Crippen molar-refractivity contribution in [3.8, 4) is 0 Å². The second kappa shape index (κ2) is 8.28. The maximum Gasteiger partial charge on any atom is 0.122 e. The monoisotopic (exact) mass is 295 g/mol. The molecule has 1 aromatic rings. The lowest BCUT2D eigenvalue weighted by atomic mass is 10.1. The quantitative estimate of drug-likeness (QED) is 0.432. The van der Waals surface area contributed by atoms with Crippen LogP contribution in [0, 0.1) is 5.41 Å². The normalized spacial score (nSPS) is 11.3. The van der Waals surface area contributed by atoms with E-state index in [1.54, 1.807) is 6.07 Å². The van der Waals surface area contributed by atoms with Crippen molar-refractivity contribution in [3.05, 3.63) is 34.3 Å². The van der Waals surface area contributed by atoms with Crippen molar-refractivity contribution in [2.45, 2.75) is 52.6 Å². The fraction of sp³-hybridized carbons (Fsp3) is 0.562. The Hall–Kier alpha value is -1.06. The highest BCUT2D eigenvalue weighted by Gasteiger charge is 2.12. The van der Waals surface area contributed by atoms with Crippen molar-refractivity contribution in [1.29, 1.82) is 5.41 Å². The van der Waals surface area contributed by atoms with Crippen LogP contribution in [0.4, 0.5) is 0 Å². The first-order valence-corrected chi connectivity index (χ1v) is 7.70. The summed E-state index contributed by atoms with van der Waals surface area (Å²) in [6, 6.07) is 6.13. The second-order valence-electron chi connectivity index (χ2n) is 5.49. The van der Waals surface area contributed by atoms with Gasteiger partial charge < -0.3 is 5.73 Å². The lowest BCUT2D eigenvalue weighted by molar-refractivity contribution is 0.208. The maximum atomic E-state index is 7.43. The van der Waals surface area contributed by atoms with Crippen LogP contribution in [-0.2, 0) is 6.54 Å². The van der Waals surface area contributed by atoms with Crippen LogP contribution < -0.4 is 5.73 Å². The van der Waals surface area contributed by atoms with E-state index >= 15 is 0 Å². The van der Waals surface area contributed by atoms with Crippen molar-refractivity contribution in [3.63, 3.8) is 0 Å². The fourth-order valence-corrected chi connectivity index (χ4v) is 2.39. The maximum absolute atomic E-state index is 7.43. The Balaban J connectivity index is 2.75. The van der Waals surface area contributed by atoms with Gasteiger partial charge in [0.1, 0.15) is 5.84 Å². The standard InChI is InChI=1S/C16H26ClN3/c1-4-5-6-9-20(12(2)3)11-14-8-7-13(16(18)19)10-15(14)17/h7-8,10,12H,4-6,9,11H2,1-3H3,(H3,18,19). The van der Waals surface area contributed by atoms with Crippen molar-refractivity contribution in [1.82, 2.24) is 4.90 Å². The largest absolute Gasteiger partial charge is 0.384 e. The Morgan fingerprint density at radius 2 is 2.05 bits per heavy atom. The number of rotatable bonds is 8. The fourth-order valence-electron chi connectivity index (χ4n) is 2.15. The summed E-state index contributed by atoms with van der Waals surface area (Å²) in [5.74, 6) is 0.0575. The van der Waals surface area contributed by atoms with Crippen LogP contribution in [0.15, 0.2) is 18.2 Å². The van der Waals surface area contributed by atoms with Crippen molar-refractivity contribution >= 4 is 17.4 Å². The van der Waals surface area contributed by atoms with Crippen LogP contribution in [0.5, 0.6) is 0 Å². The van der Waals surface area contributed by atoms with Crippen molar-refractivity contribution in [2.75, 3.05) is 6.54 Å². The van der Waals surface area contributed by atoms with E-state index in [4.69, 9.17) is 22.7 Å². The Morgan fingerprint density at radius 1 is 1.35 bits per heavy atom. The second-order valence-corrected chi connectivity index (χ2v) is 5.90. The summed E-state index contributed by atoms with van der Waals surface area (Å²) in [5.41, 5.74) is 7.26. The molecule has 0 spiro atoms. The van der Waals surface area contributed by atoms with E-state index in [1.165, 1.54) is 19.3 Å². The van der Waals surface area contributed by atoms with Gasteiger partial charge in [0, 0.05) is 23.2 Å². The predicted octanol–water partition coefficient (Wildman–Crippen LogP) is 4.02. The van der Waals surface area contributed by atoms with Gasteiger partial charge in [0.2, 0.25) is 0 Å². The number of nitrogens with one attached hydrogen (secondary N) is 1. The van der Waals surface area contributed by atoms with Gasteiger partial charge in [-0.05, 0) is 38.4 Å². The zero-order chi connectivity index (χ0) is 15.1. The number of nitrogens with zero attached hydrogens (tertiary/aromatic N) is 1. The van der Waals surface area contributed by atoms with Crippen LogP contribution in [0.3, 0.4) is 0 Å². The number of nitrogen functional groups attached to an aromatic ring is 1. The van der Waals surface area contributed by atoms with Gasteiger partial charge in [-0.2, -0.15) is 0 Å². The van der Waals surface area contributed by atoms with E-state index in [9.17, 15) is 0 Å². The topological polar surface area (TPSA) is 53.1 Å². The molecule has 1 rings (SSSR count). The van der Waals surface area contributed by atoms with E-state index < -0.39 is 0 Å². The molecular weight excluding hydrogens is 270 g/mol.